The normalized spacial score (nSPS) is 20.0. The Morgan fingerprint density at radius 1 is 1.16 bits per heavy atom. The highest BCUT2D eigenvalue weighted by atomic mass is 35.5. The molecule has 0 bridgehead atoms. The lowest BCUT2D eigenvalue weighted by Crippen LogP contribution is -2.48. The molecular formula is C17H25Cl2F3N2O. The van der Waals surface area contributed by atoms with Gasteiger partial charge in [0.25, 0.3) is 0 Å². The first kappa shape index (κ1) is 22.4. The lowest BCUT2D eigenvalue weighted by atomic mass is 9.75. The van der Waals surface area contributed by atoms with Gasteiger partial charge < -0.3 is 10.1 Å². The molecule has 25 heavy (non-hydrogen) atoms. The SMILES string of the molecule is COc1ccc([C@H](C2CCC2)N2CCNCC2)c(C(F)(F)F)c1.Cl.Cl. The minimum absolute atomic E-state index is 0. The monoisotopic (exact) mass is 400 g/mol. The maximum absolute atomic E-state index is 13.6. The topological polar surface area (TPSA) is 24.5 Å². The molecule has 0 amide bonds. The highest BCUT2D eigenvalue weighted by Crippen LogP contribution is 2.46. The predicted molar refractivity (Wildman–Crippen MR) is 97.0 cm³/mol. The van der Waals surface area contributed by atoms with Gasteiger partial charge in [-0.1, -0.05) is 12.5 Å². The van der Waals surface area contributed by atoms with E-state index in [1.165, 1.54) is 7.11 Å². The molecule has 1 aromatic rings. The number of nitrogens with one attached hydrogen (secondary N) is 1. The molecule has 0 spiro atoms. The Kier molecular flexibility index (Phi) is 8.32. The molecule has 1 aliphatic carbocycles. The van der Waals surface area contributed by atoms with Gasteiger partial charge in [0.05, 0.1) is 12.7 Å². The summed E-state index contributed by atoms with van der Waals surface area (Å²) in [5.74, 6) is 0.580. The molecule has 3 rings (SSSR count). The second-order valence-corrected chi connectivity index (χ2v) is 6.37. The number of nitrogens with zero attached hydrogens (tertiary/aromatic N) is 1. The van der Waals surface area contributed by atoms with Crippen molar-refractivity contribution >= 4 is 24.8 Å². The average Bonchev–Trinajstić information content (AvgIpc) is 2.50. The van der Waals surface area contributed by atoms with Crippen molar-refractivity contribution in [3.8, 4) is 5.75 Å². The molecule has 0 aromatic heterocycles. The summed E-state index contributed by atoms with van der Waals surface area (Å²) < 4.78 is 45.8. The Labute approximate surface area is 159 Å². The molecule has 1 heterocycles. The van der Waals surface area contributed by atoms with E-state index in [1.54, 1.807) is 12.1 Å². The van der Waals surface area contributed by atoms with Gasteiger partial charge in [0.1, 0.15) is 5.75 Å². The van der Waals surface area contributed by atoms with Gasteiger partial charge in [-0.2, -0.15) is 13.2 Å². The fraction of sp³-hybridized carbons (Fsp3) is 0.647. The predicted octanol–water partition coefficient (Wildman–Crippen LogP) is 4.30. The van der Waals surface area contributed by atoms with Crippen LogP contribution in [0.2, 0.25) is 0 Å². The summed E-state index contributed by atoms with van der Waals surface area (Å²) >= 11 is 0. The summed E-state index contributed by atoms with van der Waals surface area (Å²) in [4.78, 5) is 2.22. The number of benzene rings is 1. The quantitative estimate of drug-likeness (QED) is 0.814. The van der Waals surface area contributed by atoms with Gasteiger partial charge in [0.2, 0.25) is 0 Å². The average molecular weight is 401 g/mol. The third-order valence-electron chi connectivity index (χ3n) is 5.03. The summed E-state index contributed by atoms with van der Waals surface area (Å²) in [6.45, 7) is 3.26. The van der Waals surface area contributed by atoms with Gasteiger partial charge in [-0.05, 0) is 36.5 Å². The van der Waals surface area contributed by atoms with Crippen molar-refractivity contribution in [2.24, 2.45) is 5.92 Å². The number of hydrogen-bond donors (Lipinski definition) is 1. The van der Waals surface area contributed by atoms with E-state index < -0.39 is 11.7 Å². The van der Waals surface area contributed by atoms with Crippen molar-refractivity contribution < 1.29 is 17.9 Å². The van der Waals surface area contributed by atoms with Gasteiger partial charge in [-0.3, -0.25) is 4.90 Å². The Bertz CT molecular complexity index is 547. The van der Waals surface area contributed by atoms with E-state index in [9.17, 15) is 13.2 Å². The molecular weight excluding hydrogens is 376 g/mol. The summed E-state index contributed by atoms with van der Waals surface area (Å²) in [6, 6.07) is 4.27. The summed E-state index contributed by atoms with van der Waals surface area (Å²) in [5.41, 5.74) is -0.141. The van der Waals surface area contributed by atoms with Crippen LogP contribution in [0.1, 0.15) is 36.4 Å². The molecule has 0 radical (unpaired) electrons. The zero-order chi connectivity index (χ0) is 16.4. The number of ether oxygens (including phenoxy) is 1. The van der Waals surface area contributed by atoms with Gasteiger partial charge in [-0.25, -0.2) is 0 Å². The molecule has 1 aliphatic heterocycles. The number of alkyl halides is 3. The van der Waals surface area contributed by atoms with Crippen molar-refractivity contribution in [1.29, 1.82) is 0 Å². The molecule has 2 aliphatic rings. The third-order valence-corrected chi connectivity index (χ3v) is 5.03. The van der Waals surface area contributed by atoms with E-state index in [4.69, 9.17) is 4.74 Å². The molecule has 2 fully saturated rings. The van der Waals surface area contributed by atoms with Crippen LogP contribution in [0, 0.1) is 5.92 Å². The smallest absolute Gasteiger partial charge is 0.416 e. The van der Waals surface area contributed by atoms with Crippen LogP contribution >= 0.6 is 24.8 Å². The maximum atomic E-state index is 13.6. The second kappa shape index (κ2) is 9.31. The number of rotatable bonds is 4. The minimum atomic E-state index is -4.36. The third kappa shape index (κ3) is 4.94. The van der Waals surface area contributed by atoms with Crippen LogP contribution in [-0.4, -0.2) is 38.2 Å². The van der Waals surface area contributed by atoms with Gasteiger partial charge in [0.15, 0.2) is 0 Å². The van der Waals surface area contributed by atoms with Crippen LogP contribution in [0.3, 0.4) is 0 Å². The van der Waals surface area contributed by atoms with Crippen LogP contribution in [0.5, 0.6) is 5.75 Å². The first-order valence-electron chi connectivity index (χ1n) is 8.20. The van der Waals surface area contributed by atoms with E-state index in [1.807, 2.05) is 0 Å². The Morgan fingerprint density at radius 3 is 2.28 bits per heavy atom. The zero-order valence-corrected chi connectivity index (χ0v) is 15.8. The first-order chi connectivity index (χ1) is 11.0. The highest BCUT2D eigenvalue weighted by molar-refractivity contribution is 5.85. The van der Waals surface area contributed by atoms with Crippen molar-refractivity contribution in [3.05, 3.63) is 29.3 Å². The number of piperazine rings is 1. The van der Waals surface area contributed by atoms with Gasteiger partial charge >= 0.3 is 6.18 Å². The summed E-state index contributed by atoms with van der Waals surface area (Å²) in [5, 5.41) is 3.28. The van der Waals surface area contributed by atoms with E-state index >= 15 is 0 Å². The Balaban J connectivity index is 0.00000156. The molecule has 8 heteroatoms. The lowest BCUT2D eigenvalue weighted by molar-refractivity contribution is -0.139. The van der Waals surface area contributed by atoms with E-state index in [0.717, 1.165) is 51.5 Å². The summed E-state index contributed by atoms with van der Waals surface area (Å²) in [6.07, 6.45) is -1.22. The molecule has 3 nitrogen and oxygen atoms in total. The second-order valence-electron chi connectivity index (χ2n) is 6.37. The molecule has 1 aromatic carbocycles. The first-order valence-corrected chi connectivity index (χ1v) is 8.20. The fourth-order valence-corrected chi connectivity index (χ4v) is 3.63. The maximum Gasteiger partial charge on any atom is 0.416 e. The van der Waals surface area contributed by atoms with E-state index in [-0.39, 0.29) is 36.6 Å². The standard InChI is InChI=1S/C17H23F3N2O.2ClH/c1-23-13-5-6-14(15(11-13)17(18,19)20)16(12-3-2-4-12)22-9-7-21-8-10-22;;/h5-6,11-12,16,21H,2-4,7-10H2,1H3;2*1H/t16-;;/m0../s1. The lowest BCUT2D eigenvalue weighted by Gasteiger charge is -2.44. The van der Waals surface area contributed by atoms with E-state index in [0.29, 0.717) is 11.5 Å². The Hall–Kier alpha value is -0.690. The molecule has 144 valence electrons. The highest BCUT2D eigenvalue weighted by Gasteiger charge is 2.41. The number of methoxy groups -OCH3 is 1. The van der Waals surface area contributed by atoms with Gasteiger partial charge in [-0.15, -0.1) is 24.8 Å². The molecule has 1 saturated heterocycles. The number of hydrogen-bond acceptors (Lipinski definition) is 3. The van der Waals surface area contributed by atoms with Gasteiger partial charge in [0, 0.05) is 32.2 Å². The fourth-order valence-electron chi connectivity index (χ4n) is 3.63. The van der Waals surface area contributed by atoms with Crippen LogP contribution in [-0.2, 0) is 6.18 Å². The number of halogens is 5. The van der Waals surface area contributed by atoms with Crippen LogP contribution in [0.4, 0.5) is 13.2 Å². The van der Waals surface area contributed by atoms with Crippen LogP contribution in [0.15, 0.2) is 18.2 Å². The Morgan fingerprint density at radius 2 is 1.80 bits per heavy atom. The van der Waals surface area contributed by atoms with Crippen LogP contribution < -0.4 is 10.1 Å². The summed E-state index contributed by atoms with van der Waals surface area (Å²) in [7, 11) is 1.40. The molecule has 1 N–H and O–H groups in total. The van der Waals surface area contributed by atoms with Crippen molar-refractivity contribution in [2.45, 2.75) is 31.5 Å². The van der Waals surface area contributed by atoms with Crippen molar-refractivity contribution in [1.82, 2.24) is 10.2 Å². The zero-order valence-electron chi connectivity index (χ0n) is 14.1. The molecule has 1 atom stereocenters. The minimum Gasteiger partial charge on any atom is -0.497 e. The largest absolute Gasteiger partial charge is 0.497 e. The molecule has 1 saturated carbocycles. The van der Waals surface area contributed by atoms with Crippen LogP contribution in [0.25, 0.3) is 0 Å². The molecule has 0 unspecified atom stereocenters. The van der Waals surface area contributed by atoms with E-state index in [2.05, 4.69) is 10.2 Å². The van der Waals surface area contributed by atoms with Crippen molar-refractivity contribution in [3.63, 3.8) is 0 Å². The van der Waals surface area contributed by atoms with Crippen molar-refractivity contribution in [2.75, 3.05) is 33.3 Å².